The van der Waals surface area contributed by atoms with E-state index in [9.17, 15) is 0 Å². The number of hydrogen-bond acceptors (Lipinski definition) is 2. The van der Waals surface area contributed by atoms with Gasteiger partial charge < -0.3 is 10.2 Å². The fourth-order valence-corrected chi connectivity index (χ4v) is 2.57. The molecule has 0 aliphatic heterocycles. The number of nitrogens with zero attached hydrogens (tertiary/aromatic N) is 1. The van der Waals surface area contributed by atoms with Gasteiger partial charge in [0.25, 0.3) is 0 Å². The Balaban J connectivity index is 2.33. The Morgan fingerprint density at radius 1 is 1.35 bits per heavy atom. The lowest BCUT2D eigenvalue weighted by Gasteiger charge is -2.27. The SMILES string of the molecule is CC(C)C=C1CCCCC1NCCCN(C)C. The molecule has 0 radical (unpaired) electrons. The molecular weight excluding hydrogens is 208 g/mol. The van der Waals surface area contributed by atoms with Gasteiger partial charge in [0.2, 0.25) is 0 Å². The van der Waals surface area contributed by atoms with E-state index in [0.717, 1.165) is 6.54 Å². The lowest BCUT2D eigenvalue weighted by Crippen LogP contribution is -2.35. The molecule has 1 fully saturated rings. The van der Waals surface area contributed by atoms with Gasteiger partial charge in [-0.1, -0.05) is 31.9 Å². The van der Waals surface area contributed by atoms with Crippen molar-refractivity contribution in [1.82, 2.24) is 10.2 Å². The van der Waals surface area contributed by atoms with E-state index in [1.54, 1.807) is 5.57 Å². The van der Waals surface area contributed by atoms with Crippen LogP contribution in [0.2, 0.25) is 0 Å². The first-order chi connectivity index (χ1) is 8.09. The van der Waals surface area contributed by atoms with E-state index in [2.05, 4.69) is 44.2 Å². The Bertz CT molecular complexity index is 231. The van der Waals surface area contributed by atoms with Gasteiger partial charge in [-0.15, -0.1) is 0 Å². The van der Waals surface area contributed by atoms with Gasteiger partial charge in [-0.2, -0.15) is 0 Å². The van der Waals surface area contributed by atoms with Gasteiger partial charge in [0.1, 0.15) is 0 Å². The van der Waals surface area contributed by atoms with Crippen molar-refractivity contribution in [2.75, 3.05) is 27.2 Å². The molecule has 1 aliphatic rings. The molecule has 2 heteroatoms. The van der Waals surface area contributed by atoms with E-state index in [4.69, 9.17) is 0 Å². The number of nitrogens with one attached hydrogen (secondary N) is 1. The molecule has 0 aromatic rings. The van der Waals surface area contributed by atoms with Crippen molar-refractivity contribution in [3.8, 4) is 0 Å². The van der Waals surface area contributed by atoms with Crippen LogP contribution < -0.4 is 5.32 Å². The average molecular weight is 238 g/mol. The fraction of sp³-hybridized carbons (Fsp3) is 0.867. The topological polar surface area (TPSA) is 15.3 Å². The Morgan fingerprint density at radius 3 is 2.76 bits per heavy atom. The summed E-state index contributed by atoms with van der Waals surface area (Å²) in [5, 5.41) is 3.74. The van der Waals surface area contributed by atoms with Gasteiger partial charge in [0.05, 0.1) is 0 Å². The standard InChI is InChI=1S/C15H30N2/c1-13(2)12-14-8-5-6-9-15(14)16-10-7-11-17(3)4/h12-13,15-16H,5-11H2,1-4H3. The van der Waals surface area contributed by atoms with Crippen molar-refractivity contribution in [2.24, 2.45) is 5.92 Å². The average Bonchev–Trinajstić information content (AvgIpc) is 2.25. The first kappa shape index (κ1) is 14.7. The van der Waals surface area contributed by atoms with Crippen molar-refractivity contribution in [3.05, 3.63) is 11.6 Å². The molecule has 0 spiro atoms. The summed E-state index contributed by atoms with van der Waals surface area (Å²) in [7, 11) is 4.29. The maximum absolute atomic E-state index is 3.74. The van der Waals surface area contributed by atoms with E-state index >= 15 is 0 Å². The second kappa shape index (κ2) is 7.88. The molecule has 0 heterocycles. The minimum atomic E-state index is 0.660. The Labute approximate surface area is 107 Å². The molecule has 2 nitrogen and oxygen atoms in total. The van der Waals surface area contributed by atoms with Crippen molar-refractivity contribution < 1.29 is 0 Å². The molecular formula is C15H30N2. The predicted octanol–water partition coefficient (Wildman–Crippen LogP) is 3.05. The molecule has 17 heavy (non-hydrogen) atoms. The van der Waals surface area contributed by atoms with Gasteiger partial charge >= 0.3 is 0 Å². The summed E-state index contributed by atoms with van der Waals surface area (Å²) in [5.41, 5.74) is 1.66. The maximum atomic E-state index is 3.74. The molecule has 1 aliphatic carbocycles. The minimum absolute atomic E-state index is 0.660. The lowest BCUT2D eigenvalue weighted by molar-refractivity contribution is 0.379. The second-order valence-electron chi connectivity index (χ2n) is 5.89. The minimum Gasteiger partial charge on any atom is -0.310 e. The highest BCUT2D eigenvalue weighted by atomic mass is 15.1. The van der Waals surface area contributed by atoms with Crippen molar-refractivity contribution in [1.29, 1.82) is 0 Å². The zero-order valence-corrected chi connectivity index (χ0v) is 12.1. The van der Waals surface area contributed by atoms with Crippen molar-refractivity contribution in [3.63, 3.8) is 0 Å². The highest BCUT2D eigenvalue weighted by molar-refractivity contribution is 5.14. The quantitative estimate of drug-likeness (QED) is 0.565. The first-order valence-electron chi connectivity index (χ1n) is 7.18. The smallest absolute Gasteiger partial charge is 0.0279 e. The van der Waals surface area contributed by atoms with Crippen molar-refractivity contribution >= 4 is 0 Å². The number of rotatable bonds is 6. The number of allylic oxidation sites excluding steroid dienone is 1. The Hall–Kier alpha value is -0.340. The predicted molar refractivity (Wildman–Crippen MR) is 76.4 cm³/mol. The van der Waals surface area contributed by atoms with Crippen LogP contribution in [0.3, 0.4) is 0 Å². The van der Waals surface area contributed by atoms with Gasteiger partial charge in [0.15, 0.2) is 0 Å². The van der Waals surface area contributed by atoms with E-state index < -0.39 is 0 Å². The van der Waals surface area contributed by atoms with Gasteiger partial charge in [0, 0.05) is 6.04 Å². The molecule has 1 unspecified atom stereocenters. The molecule has 1 rings (SSSR count). The van der Waals surface area contributed by atoms with Crippen LogP contribution in [-0.2, 0) is 0 Å². The highest BCUT2D eigenvalue weighted by Crippen LogP contribution is 2.24. The monoisotopic (exact) mass is 238 g/mol. The Kier molecular flexibility index (Phi) is 6.83. The van der Waals surface area contributed by atoms with E-state index in [-0.39, 0.29) is 0 Å². The zero-order chi connectivity index (χ0) is 12.7. The summed E-state index contributed by atoms with van der Waals surface area (Å²) in [6, 6.07) is 0.660. The van der Waals surface area contributed by atoms with Crippen LogP contribution in [-0.4, -0.2) is 38.1 Å². The molecule has 0 amide bonds. The summed E-state index contributed by atoms with van der Waals surface area (Å²) in [4.78, 5) is 2.26. The second-order valence-corrected chi connectivity index (χ2v) is 5.89. The lowest BCUT2D eigenvalue weighted by atomic mass is 9.88. The van der Waals surface area contributed by atoms with Crippen LogP contribution >= 0.6 is 0 Å². The van der Waals surface area contributed by atoms with Crippen molar-refractivity contribution in [2.45, 2.75) is 52.0 Å². The third-order valence-corrected chi connectivity index (χ3v) is 3.38. The summed E-state index contributed by atoms with van der Waals surface area (Å²) >= 11 is 0. The molecule has 0 bridgehead atoms. The summed E-state index contributed by atoms with van der Waals surface area (Å²) in [6.45, 7) is 6.90. The maximum Gasteiger partial charge on any atom is 0.0279 e. The number of hydrogen-bond donors (Lipinski definition) is 1. The summed E-state index contributed by atoms with van der Waals surface area (Å²) in [6.07, 6.45) is 9.14. The molecule has 100 valence electrons. The summed E-state index contributed by atoms with van der Waals surface area (Å²) < 4.78 is 0. The molecule has 0 aromatic heterocycles. The molecule has 0 aromatic carbocycles. The first-order valence-corrected chi connectivity index (χ1v) is 7.18. The van der Waals surface area contributed by atoms with E-state index in [0.29, 0.717) is 12.0 Å². The van der Waals surface area contributed by atoms with Gasteiger partial charge in [-0.05, 0) is 58.8 Å². The largest absolute Gasteiger partial charge is 0.310 e. The molecule has 1 N–H and O–H groups in total. The summed E-state index contributed by atoms with van der Waals surface area (Å²) in [5.74, 6) is 0.689. The van der Waals surface area contributed by atoms with E-state index in [1.165, 1.54) is 38.6 Å². The van der Waals surface area contributed by atoms with Crippen LogP contribution in [0.15, 0.2) is 11.6 Å². The third kappa shape index (κ3) is 6.23. The van der Waals surface area contributed by atoms with E-state index in [1.807, 2.05) is 0 Å². The highest BCUT2D eigenvalue weighted by Gasteiger charge is 2.17. The van der Waals surface area contributed by atoms with Crippen LogP contribution in [0.25, 0.3) is 0 Å². The fourth-order valence-electron chi connectivity index (χ4n) is 2.57. The Morgan fingerprint density at radius 2 is 2.12 bits per heavy atom. The van der Waals surface area contributed by atoms with Gasteiger partial charge in [-0.3, -0.25) is 0 Å². The third-order valence-electron chi connectivity index (χ3n) is 3.38. The van der Waals surface area contributed by atoms with Crippen LogP contribution in [0.5, 0.6) is 0 Å². The normalized spacial score (nSPS) is 23.9. The molecule has 1 atom stereocenters. The van der Waals surface area contributed by atoms with Crippen LogP contribution in [0, 0.1) is 5.92 Å². The molecule has 1 saturated carbocycles. The van der Waals surface area contributed by atoms with Crippen LogP contribution in [0.1, 0.15) is 46.0 Å². The van der Waals surface area contributed by atoms with Gasteiger partial charge in [-0.25, -0.2) is 0 Å². The molecule has 0 saturated heterocycles. The zero-order valence-electron chi connectivity index (χ0n) is 12.1. The van der Waals surface area contributed by atoms with Crippen LogP contribution in [0.4, 0.5) is 0 Å².